The van der Waals surface area contributed by atoms with Crippen molar-refractivity contribution in [2.24, 2.45) is 23.2 Å². The van der Waals surface area contributed by atoms with Crippen LogP contribution in [0.3, 0.4) is 0 Å². The van der Waals surface area contributed by atoms with Crippen LogP contribution in [0.25, 0.3) is 5.73 Å². The van der Waals surface area contributed by atoms with Crippen LogP contribution in [0.4, 0.5) is 0 Å². The van der Waals surface area contributed by atoms with Gasteiger partial charge >= 0.3 is 0 Å². The Morgan fingerprint density at radius 1 is 0.882 bits per heavy atom. The van der Waals surface area contributed by atoms with E-state index in [9.17, 15) is 9.59 Å². The van der Waals surface area contributed by atoms with Crippen molar-refractivity contribution in [3.05, 3.63) is 5.73 Å². The molecule has 201 valence electrons. The molecular weight excluding hydrogens is 505 g/mol. The summed E-state index contributed by atoms with van der Waals surface area (Å²) >= 11 is 0. The second-order valence-corrected chi connectivity index (χ2v) is 12.1. The Bertz CT molecular complexity index is 561. The van der Waals surface area contributed by atoms with Crippen molar-refractivity contribution < 1.29 is 51.8 Å². The van der Waals surface area contributed by atoms with Gasteiger partial charge in [0.1, 0.15) is 0 Å². The molecule has 0 aromatic heterocycles. The minimum absolute atomic E-state index is 0. The third-order valence-electron chi connectivity index (χ3n) is 5.39. The fraction of sp³-hybridized carbons (Fsp3) is 0.926. The van der Waals surface area contributed by atoms with Crippen molar-refractivity contribution in [1.29, 1.82) is 0 Å². The van der Waals surface area contributed by atoms with Crippen molar-refractivity contribution in [3.8, 4) is 0 Å². The van der Waals surface area contributed by atoms with E-state index < -0.39 is 11.3 Å². The van der Waals surface area contributed by atoms with E-state index in [4.69, 9.17) is 15.2 Å². The Kier molecular flexibility index (Phi) is 20.7. The van der Waals surface area contributed by atoms with Gasteiger partial charge in [-0.1, -0.05) is 48.0 Å². The van der Waals surface area contributed by atoms with Gasteiger partial charge in [-0.25, -0.2) is 0 Å². The first-order valence-electron chi connectivity index (χ1n) is 12.6. The molecule has 1 unspecified atom stereocenters. The van der Waals surface area contributed by atoms with Crippen LogP contribution in [-0.4, -0.2) is 42.8 Å². The average molecular weight is 561 g/mol. The predicted molar refractivity (Wildman–Crippen MR) is 139 cm³/mol. The predicted octanol–water partition coefficient (Wildman–Crippen LogP) is 6.81. The minimum Gasteiger partial charge on any atom is -0.668 e. The summed E-state index contributed by atoms with van der Waals surface area (Å²) in [7, 11) is 0. The van der Waals surface area contributed by atoms with Gasteiger partial charge < -0.3 is 25.3 Å². The summed E-state index contributed by atoms with van der Waals surface area (Å²) in [6, 6.07) is 0. The molecule has 0 bridgehead atoms. The molecule has 0 rings (SSSR count). The standard InChI is InChI=1S/C22H45NO3.C5H11NO.Y/c1-11-18(4)14-22(9,10)26-16-20(5,6)19(24)23-13-12-21(7,8)25-15-17(2)3;1-4(2)3-5(6)7;/h17-18H,11-16H2,1-10H3,(H,23,24);4H,3H2,1-2H3,(H2,6,7);/p-1. The van der Waals surface area contributed by atoms with Gasteiger partial charge in [0.2, 0.25) is 5.91 Å². The Balaban J connectivity index is -0.00000104. The molecule has 1 radical (unpaired) electrons. The van der Waals surface area contributed by atoms with Gasteiger partial charge in [0.15, 0.2) is 0 Å². The second-order valence-electron chi connectivity index (χ2n) is 12.1. The molecular formula is C27H55N2O4Y-. The van der Waals surface area contributed by atoms with E-state index in [-0.39, 0.29) is 49.8 Å². The Hall–Kier alpha value is -0.0361. The zero-order valence-electron chi connectivity index (χ0n) is 24.4. The summed E-state index contributed by atoms with van der Waals surface area (Å²) < 4.78 is 12.0. The van der Waals surface area contributed by atoms with Gasteiger partial charge in [-0.05, 0) is 78.6 Å². The van der Waals surface area contributed by atoms with E-state index in [0.717, 1.165) is 25.9 Å². The normalized spacial score (nSPS) is 13.1. The summed E-state index contributed by atoms with van der Waals surface area (Å²) in [6.07, 6.45) is 3.33. The first-order chi connectivity index (χ1) is 14.8. The zero-order chi connectivity index (χ0) is 26.5. The largest absolute Gasteiger partial charge is 0.668 e. The van der Waals surface area contributed by atoms with Gasteiger partial charge in [-0.2, -0.15) is 0 Å². The fourth-order valence-electron chi connectivity index (χ4n) is 3.04. The monoisotopic (exact) mass is 560 g/mol. The summed E-state index contributed by atoms with van der Waals surface area (Å²) in [6.45, 7) is 26.6. The minimum atomic E-state index is -0.546. The van der Waals surface area contributed by atoms with Gasteiger partial charge in [0.05, 0.1) is 23.2 Å². The van der Waals surface area contributed by atoms with Crippen molar-refractivity contribution in [2.45, 2.75) is 120 Å². The fourth-order valence-corrected chi connectivity index (χ4v) is 3.04. The number of hydrogen-bond donors (Lipinski definition) is 1. The van der Waals surface area contributed by atoms with Crippen LogP contribution in [0.5, 0.6) is 0 Å². The average Bonchev–Trinajstić information content (AvgIpc) is 2.64. The topological polar surface area (TPSA) is 88.4 Å². The van der Waals surface area contributed by atoms with Gasteiger partial charge in [0.25, 0.3) is 0 Å². The number of amides is 2. The third kappa shape index (κ3) is 22.4. The Morgan fingerprint density at radius 3 is 1.79 bits per heavy atom. The van der Waals surface area contributed by atoms with Crippen molar-refractivity contribution >= 4 is 11.8 Å². The third-order valence-corrected chi connectivity index (χ3v) is 5.39. The van der Waals surface area contributed by atoms with E-state index in [2.05, 4.69) is 60.7 Å². The number of rotatable bonds is 15. The number of carbonyl (C=O) groups is 2. The molecule has 0 spiro atoms. The SMILES string of the molecule is CC(C)CC([NH-])=O.CCC(C)CC(C)(C)OCC(C)(C)C(=O)NCCC(C)(C)OCC(C)C.[Y]. The van der Waals surface area contributed by atoms with Crippen molar-refractivity contribution in [3.63, 3.8) is 0 Å². The molecule has 34 heavy (non-hydrogen) atoms. The van der Waals surface area contributed by atoms with E-state index in [0.29, 0.717) is 37.3 Å². The van der Waals surface area contributed by atoms with Crippen LogP contribution in [0.15, 0.2) is 0 Å². The van der Waals surface area contributed by atoms with Crippen LogP contribution in [0.1, 0.15) is 109 Å². The van der Waals surface area contributed by atoms with Crippen LogP contribution in [-0.2, 0) is 51.8 Å². The van der Waals surface area contributed by atoms with E-state index in [1.807, 2.05) is 27.7 Å². The Morgan fingerprint density at radius 2 is 1.41 bits per heavy atom. The first-order valence-corrected chi connectivity index (χ1v) is 12.6. The molecule has 0 fully saturated rings. The van der Waals surface area contributed by atoms with Crippen molar-refractivity contribution in [2.75, 3.05) is 19.8 Å². The molecule has 2 N–H and O–H groups in total. The molecule has 0 saturated heterocycles. The molecule has 0 aromatic rings. The molecule has 0 aliphatic rings. The first kappa shape index (κ1) is 38.5. The van der Waals surface area contributed by atoms with Gasteiger partial charge in [-0.15, -0.1) is 0 Å². The van der Waals surface area contributed by atoms with E-state index in [1.54, 1.807) is 0 Å². The molecule has 2 amide bonds. The van der Waals surface area contributed by atoms with Crippen LogP contribution in [0, 0.1) is 23.2 Å². The van der Waals surface area contributed by atoms with Gasteiger partial charge in [-0.3, -0.25) is 4.79 Å². The van der Waals surface area contributed by atoms with E-state index >= 15 is 0 Å². The molecule has 0 aromatic carbocycles. The summed E-state index contributed by atoms with van der Waals surface area (Å²) in [5.74, 6) is 1.05. The zero-order valence-corrected chi connectivity index (χ0v) is 27.2. The van der Waals surface area contributed by atoms with Crippen molar-refractivity contribution in [1.82, 2.24) is 5.32 Å². The molecule has 0 heterocycles. The maximum atomic E-state index is 12.6. The number of carbonyl (C=O) groups excluding carboxylic acids is 2. The quantitative estimate of drug-likeness (QED) is 0.238. The molecule has 0 aliphatic carbocycles. The summed E-state index contributed by atoms with van der Waals surface area (Å²) in [4.78, 5) is 22.5. The summed E-state index contributed by atoms with van der Waals surface area (Å²) in [5, 5.41) is 3.06. The molecule has 0 saturated carbocycles. The maximum absolute atomic E-state index is 12.6. The van der Waals surface area contributed by atoms with Crippen LogP contribution >= 0.6 is 0 Å². The van der Waals surface area contributed by atoms with Gasteiger partial charge in [0, 0.05) is 51.8 Å². The smallest absolute Gasteiger partial charge is 0.227 e. The molecule has 0 aliphatic heterocycles. The number of hydrogen-bond acceptors (Lipinski definition) is 4. The Labute approximate surface area is 236 Å². The number of nitrogens with one attached hydrogen (secondary N) is 2. The van der Waals surface area contributed by atoms with E-state index in [1.165, 1.54) is 0 Å². The second kappa shape index (κ2) is 18.2. The number of ether oxygens (including phenoxy) is 2. The molecule has 1 atom stereocenters. The summed E-state index contributed by atoms with van der Waals surface area (Å²) in [5.41, 5.74) is 5.49. The van der Waals surface area contributed by atoms with Crippen LogP contribution in [0.2, 0.25) is 0 Å². The molecule has 7 heteroatoms. The van der Waals surface area contributed by atoms with Crippen LogP contribution < -0.4 is 5.32 Å². The molecule has 6 nitrogen and oxygen atoms in total. The maximum Gasteiger partial charge on any atom is 0.227 e.